The number of piperazine rings is 1. The zero-order chi connectivity index (χ0) is 16.2. The van der Waals surface area contributed by atoms with E-state index in [1.54, 1.807) is 6.26 Å². The highest BCUT2D eigenvalue weighted by Gasteiger charge is 2.30. The Morgan fingerprint density at radius 1 is 1.26 bits per heavy atom. The first-order valence-corrected chi connectivity index (χ1v) is 7.95. The average Bonchev–Trinajstić information content (AvgIpc) is 3.02. The van der Waals surface area contributed by atoms with Gasteiger partial charge in [-0.05, 0) is 43.7 Å². The van der Waals surface area contributed by atoms with E-state index in [1.807, 2.05) is 60.4 Å². The zero-order valence-corrected chi connectivity index (χ0v) is 13.6. The highest BCUT2D eigenvalue weighted by atomic mass is 16.3. The molecule has 1 saturated heterocycles. The van der Waals surface area contributed by atoms with E-state index in [9.17, 15) is 4.79 Å². The van der Waals surface area contributed by atoms with Crippen LogP contribution in [-0.4, -0.2) is 36.5 Å². The van der Waals surface area contributed by atoms with Crippen molar-refractivity contribution in [2.45, 2.75) is 19.9 Å². The van der Waals surface area contributed by atoms with Gasteiger partial charge in [-0.15, -0.1) is 0 Å². The lowest BCUT2D eigenvalue weighted by molar-refractivity contribution is -0.121. The first-order chi connectivity index (χ1) is 11.1. The van der Waals surface area contributed by atoms with E-state index in [-0.39, 0.29) is 11.9 Å². The second-order valence-corrected chi connectivity index (χ2v) is 6.01. The second kappa shape index (κ2) is 6.84. The molecule has 0 saturated carbocycles. The van der Waals surface area contributed by atoms with E-state index >= 15 is 0 Å². The summed E-state index contributed by atoms with van der Waals surface area (Å²) in [6.45, 7) is 6.21. The Balaban J connectivity index is 1.65. The van der Waals surface area contributed by atoms with Gasteiger partial charge in [-0.25, -0.2) is 0 Å². The minimum Gasteiger partial charge on any atom is -0.465 e. The lowest BCUT2D eigenvalue weighted by Crippen LogP contribution is -2.55. The molecule has 0 N–H and O–H groups in total. The summed E-state index contributed by atoms with van der Waals surface area (Å²) in [6.07, 6.45) is 5.65. The van der Waals surface area contributed by atoms with E-state index in [0.717, 1.165) is 30.1 Å². The highest BCUT2D eigenvalue weighted by Crippen LogP contribution is 2.24. The van der Waals surface area contributed by atoms with Crippen LogP contribution in [-0.2, 0) is 4.79 Å². The third kappa shape index (κ3) is 3.54. The quantitative estimate of drug-likeness (QED) is 0.869. The lowest BCUT2D eigenvalue weighted by Gasteiger charge is -2.39. The molecule has 4 heteroatoms. The van der Waals surface area contributed by atoms with Crippen LogP contribution < -0.4 is 4.90 Å². The van der Waals surface area contributed by atoms with Gasteiger partial charge in [-0.3, -0.25) is 9.69 Å². The van der Waals surface area contributed by atoms with Crippen molar-refractivity contribution in [3.05, 3.63) is 60.1 Å². The van der Waals surface area contributed by atoms with Gasteiger partial charge in [0, 0.05) is 24.8 Å². The van der Waals surface area contributed by atoms with Crippen LogP contribution in [0.1, 0.15) is 18.2 Å². The van der Waals surface area contributed by atoms with Crippen LogP contribution in [0.25, 0.3) is 6.08 Å². The smallest absolute Gasteiger partial charge is 0.241 e. The highest BCUT2D eigenvalue weighted by molar-refractivity contribution is 5.96. The summed E-state index contributed by atoms with van der Waals surface area (Å²) in [5.74, 6) is 0.993. The molecule has 1 aliphatic heterocycles. The number of hydrogen-bond donors (Lipinski definition) is 0. The fraction of sp³-hybridized carbons (Fsp3) is 0.316. The Labute approximate surface area is 137 Å². The molecule has 0 radical (unpaired) electrons. The Morgan fingerprint density at radius 2 is 2.09 bits per heavy atom. The van der Waals surface area contributed by atoms with Gasteiger partial charge < -0.3 is 9.32 Å². The van der Waals surface area contributed by atoms with Gasteiger partial charge in [0.15, 0.2) is 0 Å². The summed E-state index contributed by atoms with van der Waals surface area (Å²) < 4.78 is 5.27. The van der Waals surface area contributed by atoms with Crippen molar-refractivity contribution in [1.82, 2.24) is 4.90 Å². The number of anilines is 1. The number of rotatable bonds is 4. The van der Waals surface area contributed by atoms with Crippen LogP contribution in [0, 0.1) is 6.92 Å². The largest absolute Gasteiger partial charge is 0.465 e. The van der Waals surface area contributed by atoms with Gasteiger partial charge in [0.2, 0.25) is 5.91 Å². The van der Waals surface area contributed by atoms with Crippen molar-refractivity contribution in [3.63, 3.8) is 0 Å². The predicted molar refractivity (Wildman–Crippen MR) is 92.3 cm³/mol. The van der Waals surface area contributed by atoms with Crippen LogP contribution in [0.5, 0.6) is 0 Å². The van der Waals surface area contributed by atoms with Crippen LogP contribution in [0.4, 0.5) is 5.69 Å². The third-order valence-corrected chi connectivity index (χ3v) is 4.15. The molecule has 1 fully saturated rings. The number of aryl methyl sites for hydroxylation is 1. The van der Waals surface area contributed by atoms with Crippen LogP contribution >= 0.6 is 0 Å². The molecule has 1 amide bonds. The molecule has 0 spiro atoms. The normalized spacial score (nSPS) is 19.7. The molecule has 1 aliphatic rings. The molecule has 1 aromatic carbocycles. The summed E-state index contributed by atoms with van der Waals surface area (Å²) >= 11 is 0. The van der Waals surface area contributed by atoms with E-state index in [1.165, 1.54) is 0 Å². The third-order valence-electron chi connectivity index (χ3n) is 4.15. The molecule has 3 rings (SSSR count). The summed E-state index contributed by atoms with van der Waals surface area (Å²) in [4.78, 5) is 16.7. The molecule has 1 atom stereocenters. The minimum absolute atomic E-state index is 0.157. The van der Waals surface area contributed by atoms with Crippen molar-refractivity contribution in [2.75, 3.05) is 24.5 Å². The van der Waals surface area contributed by atoms with Crippen LogP contribution in [0.15, 0.2) is 53.2 Å². The van der Waals surface area contributed by atoms with E-state index in [4.69, 9.17) is 4.42 Å². The standard InChI is InChI=1S/C19H22N2O2/c1-15-7-3-4-10-18(15)21-16(2)13-20(14-19(21)22)11-5-8-17-9-6-12-23-17/h3-10,12,16H,11,13-14H2,1-2H3. The maximum Gasteiger partial charge on any atom is 0.241 e. The van der Waals surface area contributed by atoms with E-state index in [0.29, 0.717) is 6.54 Å². The Bertz CT molecular complexity index is 691. The molecule has 1 aromatic heterocycles. The average molecular weight is 310 g/mol. The van der Waals surface area contributed by atoms with Gasteiger partial charge in [0.05, 0.1) is 12.8 Å². The van der Waals surface area contributed by atoms with Gasteiger partial charge in [0.1, 0.15) is 5.76 Å². The molecule has 0 aliphatic carbocycles. The predicted octanol–water partition coefficient (Wildman–Crippen LogP) is 3.34. The number of amides is 1. The molecule has 120 valence electrons. The van der Waals surface area contributed by atoms with Crippen LogP contribution in [0.3, 0.4) is 0 Å². The summed E-state index contributed by atoms with van der Waals surface area (Å²) in [5.41, 5.74) is 2.16. The summed E-state index contributed by atoms with van der Waals surface area (Å²) in [6, 6.07) is 12.0. The maximum absolute atomic E-state index is 12.6. The number of nitrogens with zero attached hydrogens (tertiary/aromatic N) is 2. The van der Waals surface area contributed by atoms with Crippen molar-refractivity contribution >= 4 is 17.7 Å². The lowest BCUT2D eigenvalue weighted by atomic mass is 10.1. The van der Waals surface area contributed by atoms with Crippen molar-refractivity contribution < 1.29 is 9.21 Å². The molecule has 2 heterocycles. The van der Waals surface area contributed by atoms with Crippen molar-refractivity contribution in [3.8, 4) is 0 Å². The van der Waals surface area contributed by atoms with E-state index < -0.39 is 0 Å². The summed E-state index contributed by atoms with van der Waals surface area (Å²) in [7, 11) is 0. The number of carbonyl (C=O) groups is 1. The molecule has 2 aromatic rings. The Hall–Kier alpha value is -2.33. The van der Waals surface area contributed by atoms with Crippen molar-refractivity contribution in [1.29, 1.82) is 0 Å². The zero-order valence-electron chi connectivity index (χ0n) is 13.6. The summed E-state index contributed by atoms with van der Waals surface area (Å²) in [5, 5.41) is 0. The van der Waals surface area contributed by atoms with Gasteiger partial charge >= 0.3 is 0 Å². The molecule has 1 unspecified atom stereocenters. The second-order valence-electron chi connectivity index (χ2n) is 6.01. The number of benzene rings is 1. The maximum atomic E-state index is 12.6. The fourth-order valence-corrected chi connectivity index (χ4v) is 3.08. The monoisotopic (exact) mass is 310 g/mol. The van der Waals surface area contributed by atoms with Gasteiger partial charge in [0.25, 0.3) is 0 Å². The Morgan fingerprint density at radius 3 is 2.78 bits per heavy atom. The molecular formula is C19H22N2O2. The Kier molecular flexibility index (Phi) is 4.63. The fourth-order valence-electron chi connectivity index (χ4n) is 3.08. The van der Waals surface area contributed by atoms with E-state index in [2.05, 4.69) is 11.8 Å². The van der Waals surface area contributed by atoms with Gasteiger partial charge in [-0.2, -0.15) is 0 Å². The SMILES string of the molecule is Cc1ccccc1N1C(=O)CN(CC=Cc2ccco2)CC1C. The molecule has 23 heavy (non-hydrogen) atoms. The first kappa shape index (κ1) is 15.6. The molecule has 0 bridgehead atoms. The number of hydrogen-bond acceptors (Lipinski definition) is 3. The minimum atomic E-state index is 0.157. The molecular weight excluding hydrogens is 288 g/mol. The van der Waals surface area contributed by atoms with Crippen LogP contribution in [0.2, 0.25) is 0 Å². The topological polar surface area (TPSA) is 36.7 Å². The number of para-hydroxylation sites is 1. The first-order valence-electron chi connectivity index (χ1n) is 7.95. The van der Waals surface area contributed by atoms with Gasteiger partial charge in [-0.1, -0.05) is 24.3 Å². The number of furan rings is 1. The van der Waals surface area contributed by atoms with Crippen molar-refractivity contribution in [2.24, 2.45) is 0 Å². The number of carbonyl (C=O) groups excluding carboxylic acids is 1. The molecule has 4 nitrogen and oxygen atoms in total.